The van der Waals surface area contributed by atoms with E-state index in [1.807, 2.05) is 63.5 Å². The summed E-state index contributed by atoms with van der Waals surface area (Å²) in [7, 11) is 1.29. The molecule has 0 spiro atoms. The number of likely N-dealkylation sites (tertiary alicyclic amines) is 2. The first kappa shape index (κ1) is 37.5. The fourth-order valence-corrected chi connectivity index (χ4v) is 7.92. The van der Waals surface area contributed by atoms with Crippen LogP contribution in [-0.4, -0.2) is 73.6 Å². The second-order valence-corrected chi connectivity index (χ2v) is 15.7. The molecule has 2 aliphatic rings. The minimum atomic E-state index is -0.871. The van der Waals surface area contributed by atoms with Crippen molar-refractivity contribution in [3.63, 3.8) is 0 Å². The normalized spacial score (nSPS) is 17.5. The Morgan fingerprint density at radius 1 is 0.719 bits per heavy atom. The molecule has 0 saturated carbocycles. The van der Waals surface area contributed by atoms with Crippen molar-refractivity contribution in [1.29, 1.82) is 0 Å². The van der Waals surface area contributed by atoms with Crippen molar-refractivity contribution in [2.75, 3.05) is 20.2 Å². The number of carbonyl (C=O) groups excluding carboxylic acids is 3. The van der Waals surface area contributed by atoms with Crippen molar-refractivity contribution in [1.82, 2.24) is 35.1 Å². The third-order valence-corrected chi connectivity index (χ3v) is 10.7. The largest absolute Gasteiger partial charge is 0.453 e. The molecule has 0 unspecified atom stereocenters. The lowest BCUT2D eigenvalue weighted by Crippen LogP contribution is -2.42. The number of carbonyl (C=O) groups is 3. The van der Waals surface area contributed by atoms with E-state index in [-0.39, 0.29) is 24.1 Å². The van der Waals surface area contributed by atoms with Gasteiger partial charge in [-0.15, -0.1) is 0 Å². The SMILES string of the molecule is COC(=O)N[C@@H](C(=O)N1CCC[C@H]1c1ncc(-c2ccc(-c3ccc4cc(-c5cnc([C@@H]6CCCN6C(=O)OC(C)(C)C)[nH]5)ccc4c3)cc2)[nH]1)c1ccccc1. The molecule has 2 saturated heterocycles. The van der Waals surface area contributed by atoms with Gasteiger partial charge in [-0.1, -0.05) is 78.9 Å². The van der Waals surface area contributed by atoms with Crippen LogP contribution >= 0.6 is 0 Å². The maximum atomic E-state index is 13.9. The molecule has 4 aromatic carbocycles. The number of alkyl carbamates (subject to hydrolysis) is 1. The molecule has 2 fully saturated rings. The van der Waals surface area contributed by atoms with Crippen LogP contribution in [0.25, 0.3) is 44.4 Å². The summed E-state index contributed by atoms with van der Waals surface area (Å²) in [6.45, 7) is 6.86. The monoisotopic (exact) mass is 765 g/mol. The van der Waals surface area contributed by atoms with Crippen molar-refractivity contribution >= 4 is 28.9 Å². The van der Waals surface area contributed by atoms with Crippen molar-refractivity contribution in [2.24, 2.45) is 0 Å². The molecular formula is C45H47N7O5. The number of nitrogens with one attached hydrogen (secondary N) is 3. The fourth-order valence-electron chi connectivity index (χ4n) is 7.92. The molecule has 12 nitrogen and oxygen atoms in total. The van der Waals surface area contributed by atoms with Gasteiger partial charge in [0.15, 0.2) is 0 Å². The van der Waals surface area contributed by atoms with Crippen LogP contribution in [0.1, 0.15) is 81.8 Å². The molecule has 4 heterocycles. The fraction of sp³-hybridized carbons (Fsp3) is 0.311. The molecule has 3 N–H and O–H groups in total. The van der Waals surface area contributed by atoms with Crippen molar-refractivity contribution in [2.45, 2.75) is 70.2 Å². The molecule has 292 valence electrons. The molecule has 3 amide bonds. The minimum absolute atomic E-state index is 0.136. The lowest BCUT2D eigenvalue weighted by Gasteiger charge is -2.28. The maximum Gasteiger partial charge on any atom is 0.410 e. The average Bonchev–Trinajstić information content (AvgIpc) is 4.06. The molecule has 0 bridgehead atoms. The number of amides is 3. The highest BCUT2D eigenvalue weighted by molar-refractivity contribution is 5.91. The Hall–Kier alpha value is -6.43. The number of hydrogen-bond acceptors (Lipinski definition) is 7. The van der Waals surface area contributed by atoms with Crippen LogP contribution in [0.3, 0.4) is 0 Å². The Labute approximate surface area is 331 Å². The summed E-state index contributed by atoms with van der Waals surface area (Å²) < 4.78 is 10.5. The van der Waals surface area contributed by atoms with Crippen LogP contribution in [-0.2, 0) is 14.3 Å². The third kappa shape index (κ3) is 7.98. The van der Waals surface area contributed by atoms with Gasteiger partial charge in [-0.3, -0.25) is 9.69 Å². The van der Waals surface area contributed by atoms with E-state index in [9.17, 15) is 14.4 Å². The van der Waals surface area contributed by atoms with E-state index in [1.165, 1.54) is 7.11 Å². The van der Waals surface area contributed by atoms with Gasteiger partial charge in [0.1, 0.15) is 23.3 Å². The zero-order chi connectivity index (χ0) is 39.7. The maximum absolute atomic E-state index is 13.9. The number of aromatic nitrogens is 4. The Kier molecular flexibility index (Phi) is 10.3. The van der Waals surface area contributed by atoms with Gasteiger partial charge in [-0.25, -0.2) is 19.6 Å². The van der Waals surface area contributed by atoms with E-state index in [0.29, 0.717) is 24.5 Å². The first-order chi connectivity index (χ1) is 27.5. The molecule has 6 aromatic rings. The Balaban J connectivity index is 0.949. The molecule has 0 aliphatic carbocycles. The van der Waals surface area contributed by atoms with Gasteiger partial charge in [-0.05, 0) is 91.6 Å². The molecule has 2 aliphatic heterocycles. The van der Waals surface area contributed by atoms with Gasteiger partial charge in [0.05, 0.1) is 43.0 Å². The summed E-state index contributed by atoms with van der Waals surface area (Å²) in [6.07, 6.45) is 6.03. The predicted octanol–water partition coefficient (Wildman–Crippen LogP) is 9.12. The zero-order valence-corrected chi connectivity index (χ0v) is 32.6. The molecule has 57 heavy (non-hydrogen) atoms. The second-order valence-electron chi connectivity index (χ2n) is 15.7. The zero-order valence-electron chi connectivity index (χ0n) is 32.6. The van der Waals surface area contributed by atoms with Gasteiger partial charge in [0.25, 0.3) is 5.91 Å². The predicted molar refractivity (Wildman–Crippen MR) is 218 cm³/mol. The lowest BCUT2D eigenvalue weighted by molar-refractivity contribution is -0.134. The molecule has 0 radical (unpaired) electrons. The molecular weight excluding hydrogens is 719 g/mol. The van der Waals surface area contributed by atoms with Gasteiger partial charge < -0.3 is 29.7 Å². The van der Waals surface area contributed by atoms with Crippen LogP contribution < -0.4 is 5.32 Å². The first-order valence-corrected chi connectivity index (χ1v) is 19.5. The number of aromatic amines is 2. The smallest absolute Gasteiger partial charge is 0.410 e. The number of hydrogen-bond donors (Lipinski definition) is 3. The number of nitrogens with zero attached hydrogens (tertiary/aromatic N) is 4. The highest BCUT2D eigenvalue weighted by atomic mass is 16.6. The summed E-state index contributed by atoms with van der Waals surface area (Å²) in [4.78, 5) is 58.9. The van der Waals surface area contributed by atoms with Crippen LogP contribution in [0.4, 0.5) is 9.59 Å². The average molecular weight is 766 g/mol. The highest BCUT2D eigenvalue weighted by Gasteiger charge is 2.37. The molecule has 2 aromatic heterocycles. The number of methoxy groups -OCH3 is 1. The summed E-state index contributed by atoms with van der Waals surface area (Å²) in [5, 5.41) is 4.95. The summed E-state index contributed by atoms with van der Waals surface area (Å²) in [5.74, 6) is 1.29. The number of rotatable bonds is 8. The quantitative estimate of drug-likeness (QED) is 0.140. The summed E-state index contributed by atoms with van der Waals surface area (Å²) in [5.41, 5.74) is 6.11. The van der Waals surface area contributed by atoms with Crippen LogP contribution in [0, 0.1) is 0 Å². The molecule has 12 heteroatoms. The number of ether oxygens (including phenoxy) is 2. The van der Waals surface area contributed by atoms with Crippen LogP contribution in [0.5, 0.6) is 0 Å². The molecule has 3 atom stereocenters. The number of H-pyrrole nitrogens is 2. The van der Waals surface area contributed by atoms with Crippen molar-refractivity contribution in [3.05, 3.63) is 121 Å². The number of imidazole rings is 2. The third-order valence-electron chi connectivity index (χ3n) is 10.7. The Morgan fingerprint density at radius 3 is 1.89 bits per heavy atom. The lowest BCUT2D eigenvalue weighted by atomic mass is 9.98. The standard InChI is InChI=1S/C45H47N7O5/c1-45(2,3)57-44(55)52-23-9-13-38(52)41-47-27-36(49-41)34-21-20-32-24-31(18-19-33(32)25-34)28-14-16-29(17-15-28)35-26-46-40(48-35)37-12-8-22-51(37)42(53)39(50-43(54)56-4)30-10-6-5-7-11-30/h5-7,10-11,14-21,24-27,37-39H,8-9,12-13,22-23H2,1-4H3,(H,46,48)(H,47,49)(H,50,54)/t37-,38-,39+/m0/s1. The number of fused-ring (bicyclic) bond motifs is 1. The van der Waals surface area contributed by atoms with E-state index in [0.717, 1.165) is 75.9 Å². The van der Waals surface area contributed by atoms with E-state index >= 15 is 0 Å². The van der Waals surface area contributed by atoms with Crippen LogP contribution in [0.2, 0.25) is 0 Å². The Bertz CT molecular complexity index is 2400. The van der Waals surface area contributed by atoms with Gasteiger partial charge in [0.2, 0.25) is 0 Å². The van der Waals surface area contributed by atoms with Gasteiger partial charge in [0, 0.05) is 18.7 Å². The van der Waals surface area contributed by atoms with Crippen molar-refractivity contribution < 1.29 is 23.9 Å². The summed E-state index contributed by atoms with van der Waals surface area (Å²) >= 11 is 0. The van der Waals surface area contributed by atoms with E-state index < -0.39 is 17.7 Å². The van der Waals surface area contributed by atoms with Gasteiger partial charge in [-0.2, -0.15) is 0 Å². The number of benzene rings is 4. The highest BCUT2D eigenvalue weighted by Crippen LogP contribution is 2.36. The summed E-state index contributed by atoms with van der Waals surface area (Å²) in [6, 6.07) is 29.2. The minimum Gasteiger partial charge on any atom is -0.453 e. The first-order valence-electron chi connectivity index (χ1n) is 19.5. The second kappa shape index (κ2) is 15.6. The molecule has 8 rings (SSSR count). The van der Waals surface area contributed by atoms with E-state index in [4.69, 9.17) is 14.5 Å². The van der Waals surface area contributed by atoms with Crippen molar-refractivity contribution in [3.8, 4) is 33.6 Å². The van der Waals surface area contributed by atoms with E-state index in [1.54, 1.807) is 9.80 Å². The Morgan fingerprint density at radius 2 is 1.26 bits per heavy atom. The van der Waals surface area contributed by atoms with Crippen LogP contribution in [0.15, 0.2) is 103 Å². The topological polar surface area (TPSA) is 146 Å². The van der Waals surface area contributed by atoms with E-state index in [2.05, 4.69) is 80.9 Å². The van der Waals surface area contributed by atoms with Gasteiger partial charge >= 0.3 is 12.2 Å².